The number of hydrogen-bond acceptors (Lipinski definition) is 6. The first-order chi connectivity index (χ1) is 12.1. The van der Waals surface area contributed by atoms with E-state index < -0.39 is 23.8 Å². The summed E-state index contributed by atoms with van der Waals surface area (Å²) in [6.45, 7) is 0.997. The SMILES string of the molecule is O=C(NCC1CCOC1=O)C(=O)Nc1ccccc1N1CCOC1=O. The lowest BCUT2D eigenvalue weighted by Crippen LogP contribution is -2.39. The summed E-state index contributed by atoms with van der Waals surface area (Å²) in [7, 11) is 0. The summed E-state index contributed by atoms with van der Waals surface area (Å²) in [5.74, 6) is -2.55. The van der Waals surface area contributed by atoms with Crippen LogP contribution in [0.1, 0.15) is 6.42 Å². The van der Waals surface area contributed by atoms with E-state index in [0.29, 0.717) is 30.9 Å². The zero-order chi connectivity index (χ0) is 17.8. The Kier molecular flexibility index (Phi) is 4.82. The standard InChI is InChI=1S/C16H17N3O6/c20-13(17-9-10-5-7-24-15(10)22)14(21)18-11-3-1-2-4-12(11)19-6-8-25-16(19)23/h1-4,10H,5-9H2,(H,17,20)(H,18,21). The molecule has 2 aliphatic rings. The second-order valence-electron chi connectivity index (χ2n) is 5.60. The topological polar surface area (TPSA) is 114 Å². The fraction of sp³-hybridized carbons (Fsp3) is 0.375. The van der Waals surface area contributed by atoms with Gasteiger partial charge in [-0.05, 0) is 18.6 Å². The molecule has 1 aromatic carbocycles. The lowest BCUT2D eigenvalue weighted by atomic mass is 10.1. The predicted molar refractivity (Wildman–Crippen MR) is 85.8 cm³/mol. The number of amides is 3. The number of esters is 1. The molecule has 0 bridgehead atoms. The molecule has 9 heteroatoms. The lowest BCUT2D eigenvalue weighted by Gasteiger charge is -2.17. The number of nitrogens with zero attached hydrogens (tertiary/aromatic N) is 1. The van der Waals surface area contributed by atoms with E-state index in [1.807, 2.05) is 0 Å². The third-order valence-corrected chi connectivity index (χ3v) is 3.96. The second-order valence-corrected chi connectivity index (χ2v) is 5.60. The van der Waals surface area contributed by atoms with Crippen LogP contribution >= 0.6 is 0 Å². The van der Waals surface area contributed by atoms with Crippen LogP contribution in [0.25, 0.3) is 0 Å². The molecule has 0 aromatic heterocycles. The van der Waals surface area contributed by atoms with E-state index in [-0.39, 0.29) is 19.1 Å². The molecule has 1 unspecified atom stereocenters. The third kappa shape index (κ3) is 3.70. The molecule has 2 N–H and O–H groups in total. The van der Waals surface area contributed by atoms with Crippen molar-refractivity contribution in [2.24, 2.45) is 5.92 Å². The third-order valence-electron chi connectivity index (χ3n) is 3.96. The van der Waals surface area contributed by atoms with Gasteiger partial charge in [0, 0.05) is 6.54 Å². The molecule has 3 amide bonds. The number of cyclic esters (lactones) is 2. The van der Waals surface area contributed by atoms with E-state index >= 15 is 0 Å². The molecule has 0 spiro atoms. The van der Waals surface area contributed by atoms with E-state index in [4.69, 9.17) is 9.47 Å². The highest BCUT2D eigenvalue weighted by molar-refractivity contribution is 6.40. The molecule has 3 rings (SSSR count). The van der Waals surface area contributed by atoms with E-state index in [0.717, 1.165) is 0 Å². The normalized spacial score (nSPS) is 19.4. The van der Waals surface area contributed by atoms with Gasteiger partial charge in [0.05, 0.1) is 30.4 Å². The molecule has 25 heavy (non-hydrogen) atoms. The first kappa shape index (κ1) is 16.7. The van der Waals surface area contributed by atoms with Crippen LogP contribution < -0.4 is 15.5 Å². The van der Waals surface area contributed by atoms with E-state index in [1.54, 1.807) is 24.3 Å². The van der Waals surface area contributed by atoms with Crippen LogP contribution in [0.3, 0.4) is 0 Å². The molecular formula is C16H17N3O6. The van der Waals surface area contributed by atoms with Gasteiger partial charge in [-0.1, -0.05) is 12.1 Å². The summed E-state index contributed by atoms with van der Waals surface area (Å²) in [6.07, 6.45) is 0.00609. The number of nitrogens with one attached hydrogen (secondary N) is 2. The first-order valence-corrected chi connectivity index (χ1v) is 7.85. The smallest absolute Gasteiger partial charge is 0.414 e. The molecular weight excluding hydrogens is 330 g/mol. The van der Waals surface area contributed by atoms with Gasteiger partial charge in [-0.15, -0.1) is 0 Å². The first-order valence-electron chi connectivity index (χ1n) is 7.85. The Balaban J connectivity index is 1.61. The predicted octanol–water partition coefficient (Wildman–Crippen LogP) is 0.261. The van der Waals surface area contributed by atoms with Gasteiger partial charge in [0.1, 0.15) is 6.61 Å². The van der Waals surface area contributed by atoms with Gasteiger partial charge in [-0.25, -0.2) is 4.79 Å². The molecule has 1 aromatic rings. The Morgan fingerprint density at radius 3 is 2.60 bits per heavy atom. The second kappa shape index (κ2) is 7.20. The minimum absolute atomic E-state index is 0.0468. The number of rotatable bonds is 4. The molecule has 1 atom stereocenters. The quantitative estimate of drug-likeness (QED) is 0.597. The van der Waals surface area contributed by atoms with Gasteiger partial charge < -0.3 is 20.1 Å². The van der Waals surface area contributed by atoms with Crippen molar-refractivity contribution in [3.8, 4) is 0 Å². The summed E-state index contributed by atoms with van der Waals surface area (Å²) < 4.78 is 9.68. The van der Waals surface area contributed by atoms with Crippen molar-refractivity contribution in [2.75, 3.05) is 36.5 Å². The maximum absolute atomic E-state index is 12.1. The zero-order valence-corrected chi connectivity index (χ0v) is 13.3. The van der Waals surface area contributed by atoms with Crippen LogP contribution in [0, 0.1) is 5.92 Å². The molecule has 0 aliphatic carbocycles. The van der Waals surface area contributed by atoms with E-state index in [1.165, 1.54) is 4.90 Å². The largest absolute Gasteiger partial charge is 0.465 e. The van der Waals surface area contributed by atoms with Crippen molar-refractivity contribution in [3.05, 3.63) is 24.3 Å². The average Bonchev–Trinajstić information content (AvgIpc) is 3.21. The average molecular weight is 347 g/mol. The number of carbonyl (C=O) groups excluding carboxylic acids is 4. The van der Waals surface area contributed by atoms with Crippen LogP contribution in [0.5, 0.6) is 0 Å². The number of hydrogen-bond donors (Lipinski definition) is 2. The summed E-state index contributed by atoms with van der Waals surface area (Å²) >= 11 is 0. The molecule has 2 heterocycles. The Labute approximate surface area is 143 Å². The molecule has 2 aliphatic heterocycles. The number of para-hydroxylation sites is 2. The van der Waals surface area contributed by atoms with Crippen LogP contribution in [-0.4, -0.2) is 50.2 Å². The highest BCUT2D eigenvalue weighted by Gasteiger charge is 2.29. The highest BCUT2D eigenvalue weighted by atomic mass is 16.6. The van der Waals surface area contributed by atoms with Crippen LogP contribution in [0.15, 0.2) is 24.3 Å². The lowest BCUT2D eigenvalue weighted by molar-refractivity contribution is -0.141. The van der Waals surface area contributed by atoms with Gasteiger partial charge in [-0.2, -0.15) is 0 Å². The molecule has 132 valence electrons. The summed E-state index contributed by atoms with van der Waals surface area (Å²) in [5.41, 5.74) is 0.771. The van der Waals surface area contributed by atoms with Crippen molar-refractivity contribution < 1.29 is 28.7 Å². The zero-order valence-electron chi connectivity index (χ0n) is 13.3. The van der Waals surface area contributed by atoms with Crippen molar-refractivity contribution in [1.29, 1.82) is 0 Å². The van der Waals surface area contributed by atoms with Crippen LogP contribution in [0.2, 0.25) is 0 Å². The molecule has 9 nitrogen and oxygen atoms in total. The molecule has 0 radical (unpaired) electrons. The molecule has 2 saturated heterocycles. The molecule has 2 fully saturated rings. The van der Waals surface area contributed by atoms with Gasteiger partial charge in [-0.3, -0.25) is 19.3 Å². The fourth-order valence-electron chi connectivity index (χ4n) is 2.63. The van der Waals surface area contributed by atoms with Crippen LogP contribution in [0.4, 0.5) is 16.2 Å². The maximum Gasteiger partial charge on any atom is 0.414 e. The van der Waals surface area contributed by atoms with Crippen molar-refractivity contribution >= 4 is 35.3 Å². The minimum Gasteiger partial charge on any atom is -0.465 e. The van der Waals surface area contributed by atoms with Gasteiger partial charge in [0.25, 0.3) is 0 Å². The highest BCUT2D eigenvalue weighted by Crippen LogP contribution is 2.27. The van der Waals surface area contributed by atoms with Crippen molar-refractivity contribution in [2.45, 2.75) is 6.42 Å². The van der Waals surface area contributed by atoms with Gasteiger partial charge >= 0.3 is 23.9 Å². The maximum atomic E-state index is 12.1. The number of anilines is 2. The number of ether oxygens (including phenoxy) is 2. The summed E-state index contributed by atoms with van der Waals surface area (Å²) in [6, 6.07) is 6.62. The van der Waals surface area contributed by atoms with E-state index in [2.05, 4.69) is 10.6 Å². The monoisotopic (exact) mass is 347 g/mol. The van der Waals surface area contributed by atoms with Gasteiger partial charge in [0.15, 0.2) is 0 Å². The fourth-order valence-corrected chi connectivity index (χ4v) is 2.63. The summed E-state index contributed by atoms with van der Waals surface area (Å²) in [5, 5.41) is 4.89. The number of benzene rings is 1. The minimum atomic E-state index is -0.883. The number of carbonyl (C=O) groups is 4. The van der Waals surface area contributed by atoms with Crippen molar-refractivity contribution in [3.63, 3.8) is 0 Å². The van der Waals surface area contributed by atoms with Gasteiger partial charge in [0.2, 0.25) is 0 Å². The summed E-state index contributed by atoms with van der Waals surface area (Å²) in [4.78, 5) is 48.4. The molecule has 0 saturated carbocycles. The Morgan fingerprint density at radius 1 is 1.12 bits per heavy atom. The Hall–Kier alpha value is -3.10. The van der Waals surface area contributed by atoms with Crippen LogP contribution in [-0.2, 0) is 23.9 Å². The Bertz CT molecular complexity index is 720. The van der Waals surface area contributed by atoms with Crippen molar-refractivity contribution in [1.82, 2.24) is 5.32 Å². The Morgan fingerprint density at radius 2 is 1.92 bits per heavy atom. The van der Waals surface area contributed by atoms with E-state index in [9.17, 15) is 19.2 Å².